The summed E-state index contributed by atoms with van der Waals surface area (Å²) in [7, 11) is 0. The van der Waals surface area contributed by atoms with Gasteiger partial charge in [-0.05, 0) is 30.5 Å². The van der Waals surface area contributed by atoms with Crippen LogP contribution in [-0.2, 0) is 11.3 Å². The Morgan fingerprint density at radius 3 is 2.71 bits per heavy atom. The van der Waals surface area contributed by atoms with Crippen molar-refractivity contribution in [1.29, 1.82) is 0 Å². The maximum Gasteiger partial charge on any atom is 0.262 e. The molecular weight excluding hydrogens is 361 g/mol. The number of hydrogen-bond donors (Lipinski definition) is 2. The molecule has 0 saturated carbocycles. The molecule has 5 nitrogen and oxygen atoms in total. The van der Waals surface area contributed by atoms with Crippen molar-refractivity contribution in [2.75, 3.05) is 24.5 Å². The molecule has 1 aromatic heterocycles. The van der Waals surface area contributed by atoms with E-state index in [0.717, 1.165) is 24.5 Å². The van der Waals surface area contributed by atoms with E-state index in [1.165, 1.54) is 12.8 Å². The smallest absolute Gasteiger partial charge is 0.262 e. The van der Waals surface area contributed by atoms with Gasteiger partial charge in [-0.1, -0.05) is 0 Å². The molecule has 1 aromatic rings. The first-order valence-electron chi connectivity index (χ1n) is 7.62. The molecule has 2 N–H and O–H groups in total. The van der Waals surface area contributed by atoms with Gasteiger partial charge in [0.25, 0.3) is 5.92 Å². The maximum absolute atomic E-state index is 13.1. The lowest BCUT2D eigenvalue weighted by Crippen LogP contribution is -2.40. The van der Waals surface area contributed by atoms with Gasteiger partial charge in [0.2, 0.25) is 5.91 Å². The van der Waals surface area contributed by atoms with Gasteiger partial charge in [-0.25, -0.2) is 13.8 Å². The predicted molar refractivity (Wildman–Crippen MR) is 93.4 cm³/mol. The van der Waals surface area contributed by atoms with E-state index in [1.54, 1.807) is 6.20 Å². The number of carbonyl (C=O) groups excluding carboxylic acids is 1. The second-order valence-electron chi connectivity index (χ2n) is 5.93. The van der Waals surface area contributed by atoms with Crippen LogP contribution in [0.1, 0.15) is 24.8 Å². The fourth-order valence-corrected chi connectivity index (χ4v) is 2.90. The summed E-state index contributed by atoms with van der Waals surface area (Å²) in [5, 5.41) is 5.27. The highest BCUT2D eigenvalue weighted by Gasteiger charge is 2.42. The van der Waals surface area contributed by atoms with Crippen molar-refractivity contribution in [3.63, 3.8) is 0 Å². The highest BCUT2D eigenvalue weighted by molar-refractivity contribution is 5.85. The molecule has 24 heavy (non-hydrogen) atoms. The number of carbonyl (C=O) groups is 1. The first kappa shape index (κ1) is 20.9. The van der Waals surface area contributed by atoms with Crippen LogP contribution in [0.15, 0.2) is 18.3 Å². The van der Waals surface area contributed by atoms with E-state index in [1.807, 2.05) is 12.1 Å². The van der Waals surface area contributed by atoms with Crippen LogP contribution in [-0.4, -0.2) is 42.5 Å². The monoisotopic (exact) mass is 382 g/mol. The summed E-state index contributed by atoms with van der Waals surface area (Å²) in [6, 6.07) is 2.97. The van der Waals surface area contributed by atoms with Crippen molar-refractivity contribution in [3.05, 3.63) is 23.9 Å². The molecule has 136 valence electrons. The molecule has 2 saturated heterocycles. The quantitative estimate of drug-likeness (QED) is 0.837. The Morgan fingerprint density at radius 2 is 2.08 bits per heavy atom. The van der Waals surface area contributed by atoms with Crippen LogP contribution in [0, 0.1) is 0 Å². The van der Waals surface area contributed by atoms with E-state index in [2.05, 4.69) is 20.5 Å². The third-order valence-electron chi connectivity index (χ3n) is 4.13. The Kier molecular flexibility index (Phi) is 7.63. The number of alkyl halides is 2. The van der Waals surface area contributed by atoms with E-state index in [-0.39, 0.29) is 30.7 Å². The Labute approximate surface area is 152 Å². The zero-order valence-corrected chi connectivity index (χ0v) is 14.8. The Balaban J connectivity index is 0.00000144. The standard InChI is InChI=1S/C15H20F2N4O.2ClH/c16-15(17)8-12(20-10-15)14(22)19-9-11-3-4-18-13(7-11)21-5-1-2-6-21;;/h3-4,7,12,20H,1-2,5-6,8-10H2,(H,19,22);2*1H. The van der Waals surface area contributed by atoms with Crippen molar-refractivity contribution in [1.82, 2.24) is 15.6 Å². The molecule has 9 heteroatoms. The lowest BCUT2D eigenvalue weighted by Gasteiger charge is -2.17. The van der Waals surface area contributed by atoms with Crippen LogP contribution in [0.4, 0.5) is 14.6 Å². The van der Waals surface area contributed by atoms with Gasteiger partial charge in [-0.2, -0.15) is 0 Å². The number of nitrogens with zero attached hydrogens (tertiary/aromatic N) is 2. The van der Waals surface area contributed by atoms with Crippen molar-refractivity contribution < 1.29 is 13.6 Å². The molecule has 0 bridgehead atoms. The van der Waals surface area contributed by atoms with E-state index >= 15 is 0 Å². The van der Waals surface area contributed by atoms with Crippen molar-refractivity contribution in [3.8, 4) is 0 Å². The SMILES string of the molecule is Cl.Cl.O=C(NCc1ccnc(N2CCCC2)c1)C1CC(F)(F)CN1. The van der Waals surface area contributed by atoms with Gasteiger partial charge < -0.3 is 10.2 Å². The first-order valence-corrected chi connectivity index (χ1v) is 7.62. The second-order valence-corrected chi connectivity index (χ2v) is 5.93. The number of nitrogens with one attached hydrogen (secondary N) is 2. The zero-order chi connectivity index (χ0) is 15.6. The number of rotatable bonds is 4. The summed E-state index contributed by atoms with van der Waals surface area (Å²) in [4.78, 5) is 18.5. The molecule has 0 spiro atoms. The minimum atomic E-state index is -2.79. The summed E-state index contributed by atoms with van der Waals surface area (Å²) in [6.45, 7) is 1.90. The predicted octanol–water partition coefficient (Wildman–Crippen LogP) is 2.14. The van der Waals surface area contributed by atoms with Crippen LogP contribution in [0.25, 0.3) is 0 Å². The van der Waals surface area contributed by atoms with Crippen molar-refractivity contribution in [2.45, 2.75) is 37.8 Å². The molecule has 2 fully saturated rings. The average Bonchev–Trinajstić information content (AvgIpc) is 3.14. The number of hydrogen-bond acceptors (Lipinski definition) is 4. The summed E-state index contributed by atoms with van der Waals surface area (Å²) >= 11 is 0. The molecule has 2 aliphatic rings. The van der Waals surface area contributed by atoms with Gasteiger partial charge in [0.05, 0.1) is 12.6 Å². The Bertz CT molecular complexity index is 556. The van der Waals surface area contributed by atoms with Crippen LogP contribution in [0.2, 0.25) is 0 Å². The van der Waals surface area contributed by atoms with E-state index in [9.17, 15) is 13.6 Å². The summed E-state index contributed by atoms with van der Waals surface area (Å²) in [5.41, 5.74) is 0.926. The molecule has 1 amide bonds. The molecule has 3 heterocycles. The van der Waals surface area contributed by atoms with Crippen molar-refractivity contribution in [2.24, 2.45) is 0 Å². The highest BCUT2D eigenvalue weighted by Crippen LogP contribution is 2.25. The number of halogens is 4. The van der Waals surface area contributed by atoms with Gasteiger partial charge in [-0.3, -0.25) is 10.1 Å². The third-order valence-corrected chi connectivity index (χ3v) is 4.13. The topological polar surface area (TPSA) is 57.3 Å². The van der Waals surface area contributed by atoms with Crippen LogP contribution in [0.5, 0.6) is 0 Å². The Hall–Kier alpha value is -1.18. The first-order chi connectivity index (χ1) is 10.5. The molecule has 2 aliphatic heterocycles. The minimum absolute atomic E-state index is 0. The number of anilines is 1. The summed E-state index contributed by atoms with van der Waals surface area (Å²) < 4.78 is 26.2. The van der Waals surface area contributed by atoms with Crippen molar-refractivity contribution >= 4 is 36.5 Å². The molecule has 0 aliphatic carbocycles. The zero-order valence-electron chi connectivity index (χ0n) is 13.1. The average molecular weight is 383 g/mol. The minimum Gasteiger partial charge on any atom is -0.357 e. The van der Waals surface area contributed by atoms with Crippen LogP contribution < -0.4 is 15.5 Å². The van der Waals surface area contributed by atoms with E-state index in [0.29, 0.717) is 6.54 Å². The number of amides is 1. The Morgan fingerprint density at radius 1 is 1.38 bits per heavy atom. The molecule has 3 rings (SSSR count). The summed E-state index contributed by atoms with van der Waals surface area (Å²) in [5.74, 6) is -2.26. The number of aromatic nitrogens is 1. The molecule has 0 radical (unpaired) electrons. The lowest BCUT2D eigenvalue weighted by molar-refractivity contribution is -0.123. The normalized spacial score (nSPS) is 21.8. The fourth-order valence-electron chi connectivity index (χ4n) is 2.90. The highest BCUT2D eigenvalue weighted by atomic mass is 35.5. The van der Waals surface area contributed by atoms with Gasteiger partial charge in [0.1, 0.15) is 5.82 Å². The summed E-state index contributed by atoms with van der Waals surface area (Å²) in [6.07, 6.45) is 3.62. The number of pyridine rings is 1. The largest absolute Gasteiger partial charge is 0.357 e. The fraction of sp³-hybridized carbons (Fsp3) is 0.600. The van der Waals surface area contributed by atoms with Crippen LogP contribution in [0.3, 0.4) is 0 Å². The van der Waals surface area contributed by atoms with Gasteiger partial charge >= 0.3 is 0 Å². The van der Waals surface area contributed by atoms with Gasteiger partial charge in [-0.15, -0.1) is 24.8 Å². The molecule has 1 unspecified atom stereocenters. The van der Waals surface area contributed by atoms with E-state index in [4.69, 9.17) is 0 Å². The lowest BCUT2D eigenvalue weighted by atomic mass is 10.1. The molecule has 0 aromatic carbocycles. The van der Waals surface area contributed by atoms with E-state index < -0.39 is 24.9 Å². The second kappa shape index (κ2) is 8.78. The van der Waals surface area contributed by atoms with Gasteiger partial charge in [0.15, 0.2) is 0 Å². The maximum atomic E-state index is 13.1. The van der Waals surface area contributed by atoms with Gasteiger partial charge in [0, 0.05) is 32.3 Å². The molecular formula is C15H22Cl2F2N4O. The van der Waals surface area contributed by atoms with Crippen LogP contribution >= 0.6 is 24.8 Å². The third kappa shape index (κ3) is 5.16. The molecule has 1 atom stereocenters.